The van der Waals surface area contributed by atoms with Crippen molar-refractivity contribution >= 4 is 0 Å². The summed E-state index contributed by atoms with van der Waals surface area (Å²) in [6, 6.07) is 5.96. The van der Waals surface area contributed by atoms with E-state index >= 15 is 0 Å². The van der Waals surface area contributed by atoms with E-state index in [4.69, 9.17) is 0 Å². The van der Waals surface area contributed by atoms with Gasteiger partial charge in [0.2, 0.25) is 0 Å². The summed E-state index contributed by atoms with van der Waals surface area (Å²) >= 11 is 0. The Morgan fingerprint density at radius 3 is 3.06 bits per heavy atom. The van der Waals surface area contributed by atoms with E-state index in [-0.39, 0.29) is 5.41 Å². The molecule has 92 valence electrons. The highest BCUT2D eigenvalue weighted by molar-refractivity contribution is 5.42. The first-order valence-corrected chi connectivity index (χ1v) is 6.58. The lowest BCUT2D eigenvalue weighted by molar-refractivity contribution is 0.289. The highest BCUT2D eigenvalue weighted by Crippen LogP contribution is 2.45. The van der Waals surface area contributed by atoms with Gasteiger partial charge in [0.1, 0.15) is 5.75 Å². The molecule has 1 heterocycles. The molecule has 2 nitrogen and oxygen atoms in total. The van der Waals surface area contributed by atoms with E-state index < -0.39 is 0 Å². The highest BCUT2D eigenvalue weighted by Gasteiger charge is 2.39. The number of phenols is 1. The Kier molecular flexibility index (Phi) is 2.44. The quantitative estimate of drug-likeness (QED) is 0.741. The third-order valence-corrected chi connectivity index (χ3v) is 4.61. The molecular formula is C15H21NO. The maximum absolute atomic E-state index is 9.71. The van der Waals surface area contributed by atoms with Crippen LogP contribution in [0.15, 0.2) is 18.2 Å². The molecule has 1 aliphatic heterocycles. The van der Waals surface area contributed by atoms with Crippen LogP contribution in [0, 0.1) is 5.92 Å². The van der Waals surface area contributed by atoms with Crippen LogP contribution >= 0.6 is 0 Å². The minimum atomic E-state index is 0.266. The predicted molar refractivity (Wildman–Crippen MR) is 69.4 cm³/mol. The number of rotatable bonds is 0. The second-order valence-corrected chi connectivity index (χ2v) is 6.19. The van der Waals surface area contributed by atoms with Crippen molar-refractivity contribution in [1.29, 1.82) is 0 Å². The Bertz CT molecular complexity index is 443. The first-order chi connectivity index (χ1) is 8.07. The van der Waals surface area contributed by atoms with Gasteiger partial charge in [0.25, 0.3) is 0 Å². The fourth-order valence-electron chi connectivity index (χ4n) is 3.77. The Labute approximate surface area is 103 Å². The van der Waals surface area contributed by atoms with Crippen molar-refractivity contribution in [3.05, 3.63) is 29.3 Å². The normalized spacial score (nSPS) is 32.9. The largest absolute Gasteiger partial charge is 0.508 e. The third-order valence-electron chi connectivity index (χ3n) is 4.61. The fourth-order valence-corrected chi connectivity index (χ4v) is 3.77. The van der Waals surface area contributed by atoms with Crippen LogP contribution in [0.4, 0.5) is 0 Å². The van der Waals surface area contributed by atoms with Crippen molar-refractivity contribution in [3.63, 3.8) is 0 Å². The molecular weight excluding hydrogens is 210 g/mol. The van der Waals surface area contributed by atoms with Crippen LogP contribution in [0.3, 0.4) is 0 Å². The second-order valence-electron chi connectivity index (χ2n) is 6.19. The predicted octanol–water partition coefficient (Wildman–Crippen LogP) is 2.55. The Balaban J connectivity index is 2.07. The summed E-state index contributed by atoms with van der Waals surface area (Å²) in [6.07, 6.45) is 3.65. The first kappa shape index (κ1) is 11.1. The van der Waals surface area contributed by atoms with Crippen LogP contribution in [0.1, 0.15) is 30.9 Å². The van der Waals surface area contributed by atoms with Gasteiger partial charge in [0.05, 0.1) is 0 Å². The van der Waals surface area contributed by atoms with Crippen molar-refractivity contribution in [2.24, 2.45) is 5.92 Å². The molecule has 2 atom stereocenters. The van der Waals surface area contributed by atoms with Gasteiger partial charge in [0.15, 0.2) is 0 Å². The summed E-state index contributed by atoms with van der Waals surface area (Å²) in [5, 5.41) is 9.71. The summed E-state index contributed by atoms with van der Waals surface area (Å²) in [5.74, 6) is 1.20. The molecule has 0 radical (unpaired) electrons. The topological polar surface area (TPSA) is 23.5 Å². The molecule has 1 aromatic carbocycles. The van der Waals surface area contributed by atoms with Crippen LogP contribution < -0.4 is 0 Å². The lowest BCUT2D eigenvalue weighted by Crippen LogP contribution is -2.32. The van der Waals surface area contributed by atoms with E-state index in [0.717, 1.165) is 5.92 Å². The Morgan fingerprint density at radius 1 is 1.41 bits per heavy atom. The average Bonchev–Trinajstić information content (AvgIpc) is 2.39. The molecule has 1 aromatic rings. The number of aromatic hydroxyl groups is 1. The average molecular weight is 231 g/mol. The van der Waals surface area contributed by atoms with Crippen LogP contribution in [0.2, 0.25) is 0 Å². The number of fused-ring (bicyclic) bond motifs is 4. The van der Waals surface area contributed by atoms with Crippen molar-refractivity contribution in [2.75, 3.05) is 20.1 Å². The third kappa shape index (κ3) is 1.85. The van der Waals surface area contributed by atoms with Gasteiger partial charge in [0, 0.05) is 6.54 Å². The van der Waals surface area contributed by atoms with Gasteiger partial charge < -0.3 is 10.0 Å². The zero-order chi connectivity index (χ0) is 12.0. The molecule has 17 heavy (non-hydrogen) atoms. The molecule has 3 rings (SSSR count). The fraction of sp³-hybridized carbons (Fsp3) is 0.600. The zero-order valence-electron chi connectivity index (χ0n) is 10.7. The number of benzene rings is 1. The Morgan fingerprint density at radius 2 is 2.24 bits per heavy atom. The van der Waals surface area contributed by atoms with Gasteiger partial charge in [-0.15, -0.1) is 0 Å². The molecule has 2 aliphatic rings. The molecule has 0 unspecified atom stereocenters. The van der Waals surface area contributed by atoms with Crippen LogP contribution in [-0.2, 0) is 11.8 Å². The van der Waals surface area contributed by atoms with Gasteiger partial charge in [-0.3, -0.25) is 0 Å². The number of likely N-dealkylation sites (tertiary alicyclic amines) is 1. The van der Waals surface area contributed by atoms with Gasteiger partial charge in [-0.1, -0.05) is 13.0 Å². The molecule has 1 fully saturated rings. The van der Waals surface area contributed by atoms with E-state index in [9.17, 15) is 5.11 Å². The summed E-state index contributed by atoms with van der Waals surface area (Å²) in [6.45, 7) is 4.76. The number of hydrogen-bond donors (Lipinski definition) is 1. The second kappa shape index (κ2) is 3.74. The van der Waals surface area contributed by atoms with Crippen LogP contribution in [0.5, 0.6) is 5.75 Å². The highest BCUT2D eigenvalue weighted by atomic mass is 16.3. The maximum atomic E-state index is 9.71. The van der Waals surface area contributed by atoms with E-state index in [1.165, 1.54) is 43.5 Å². The smallest absolute Gasteiger partial charge is 0.115 e. The molecule has 0 amide bonds. The molecule has 0 spiro atoms. The standard InChI is InChI=1S/C15H21NO/c1-15-5-6-16(2)10-11(9-15)7-12-3-4-13(17)8-14(12)15/h3-4,8,11,17H,5-7,9-10H2,1-2H3/t11-,15+/m0/s1. The number of phenolic OH excluding ortho intramolecular Hbond substituents is 1. The van der Waals surface area contributed by atoms with Crippen molar-refractivity contribution < 1.29 is 5.11 Å². The lowest BCUT2D eigenvalue weighted by Gasteiger charge is -2.38. The first-order valence-electron chi connectivity index (χ1n) is 6.58. The minimum absolute atomic E-state index is 0.266. The lowest BCUT2D eigenvalue weighted by atomic mass is 9.66. The van der Waals surface area contributed by atoms with E-state index in [1.807, 2.05) is 12.1 Å². The van der Waals surface area contributed by atoms with Crippen molar-refractivity contribution in [2.45, 2.75) is 31.6 Å². The van der Waals surface area contributed by atoms with Gasteiger partial charge in [-0.25, -0.2) is 0 Å². The molecule has 1 aliphatic carbocycles. The number of nitrogens with zero attached hydrogens (tertiary/aromatic N) is 1. The monoisotopic (exact) mass is 231 g/mol. The summed E-state index contributed by atoms with van der Waals surface area (Å²) in [5.41, 5.74) is 3.11. The maximum Gasteiger partial charge on any atom is 0.115 e. The van der Waals surface area contributed by atoms with Crippen molar-refractivity contribution in [1.82, 2.24) is 4.90 Å². The zero-order valence-corrected chi connectivity index (χ0v) is 10.7. The molecule has 0 saturated carbocycles. The van der Waals surface area contributed by atoms with Crippen molar-refractivity contribution in [3.8, 4) is 5.75 Å². The Hall–Kier alpha value is -1.02. The van der Waals surface area contributed by atoms with Crippen LogP contribution in [-0.4, -0.2) is 30.1 Å². The van der Waals surface area contributed by atoms with Gasteiger partial charge >= 0.3 is 0 Å². The van der Waals surface area contributed by atoms with Gasteiger partial charge in [-0.05, 0) is 67.4 Å². The summed E-state index contributed by atoms with van der Waals surface area (Å²) < 4.78 is 0. The number of hydrogen-bond acceptors (Lipinski definition) is 2. The summed E-state index contributed by atoms with van der Waals surface area (Å²) in [4.78, 5) is 2.46. The SMILES string of the molecule is CN1CC[C@]2(C)C[C@H](Cc3ccc(O)cc32)C1. The molecule has 2 bridgehead atoms. The molecule has 1 saturated heterocycles. The van der Waals surface area contributed by atoms with Gasteiger partial charge in [-0.2, -0.15) is 0 Å². The molecule has 0 aromatic heterocycles. The van der Waals surface area contributed by atoms with E-state index in [2.05, 4.69) is 24.9 Å². The van der Waals surface area contributed by atoms with E-state index in [1.54, 1.807) is 0 Å². The minimum Gasteiger partial charge on any atom is -0.508 e. The molecule has 1 N–H and O–H groups in total. The van der Waals surface area contributed by atoms with Crippen LogP contribution in [0.25, 0.3) is 0 Å². The summed E-state index contributed by atoms with van der Waals surface area (Å²) in [7, 11) is 2.23. The molecule has 2 heteroatoms. The van der Waals surface area contributed by atoms with E-state index in [0.29, 0.717) is 5.75 Å².